The Kier molecular flexibility index (Phi) is 9.34. The van der Waals surface area contributed by atoms with E-state index < -0.39 is 5.97 Å². The van der Waals surface area contributed by atoms with Crippen LogP contribution in [0.5, 0.6) is 5.75 Å². The summed E-state index contributed by atoms with van der Waals surface area (Å²) in [5.41, 5.74) is 6.29. The Hall–Kier alpha value is -3.63. The zero-order chi connectivity index (χ0) is 26.0. The van der Waals surface area contributed by atoms with E-state index in [1.807, 2.05) is 48.5 Å². The summed E-state index contributed by atoms with van der Waals surface area (Å²) >= 11 is 0. The van der Waals surface area contributed by atoms with Crippen molar-refractivity contribution in [3.05, 3.63) is 89.0 Å². The number of likely N-dealkylation sites (N-methyl/N-ethyl adjacent to an activating group) is 1. The molecule has 3 aromatic carbocycles. The quantitative estimate of drug-likeness (QED) is 0.438. The molecule has 37 heavy (non-hydrogen) atoms. The first kappa shape index (κ1) is 26.4. The molecular formula is C31H35N3O3. The van der Waals surface area contributed by atoms with E-state index in [0.717, 1.165) is 60.7 Å². The molecule has 3 aromatic rings. The average molecular weight is 498 g/mol. The molecule has 1 saturated heterocycles. The lowest BCUT2D eigenvalue weighted by Gasteiger charge is -2.32. The van der Waals surface area contributed by atoms with Gasteiger partial charge in [0, 0.05) is 56.0 Å². The fourth-order valence-corrected chi connectivity index (χ4v) is 4.41. The van der Waals surface area contributed by atoms with Gasteiger partial charge in [0.1, 0.15) is 12.4 Å². The molecule has 4 rings (SSSR count). The second-order valence-electron chi connectivity index (χ2n) is 9.41. The lowest BCUT2D eigenvalue weighted by molar-refractivity contribution is -0.136. The highest BCUT2D eigenvalue weighted by atomic mass is 16.5. The van der Waals surface area contributed by atoms with Gasteiger partial charge < -0.3 is 20.1 Å². The largest absolute Gasteiger partial charge is 0.492 e. The van der Waals surface area contributed by atoms with E-state index in [9.17, 15) is 4.79 Å². The second kappa shape index (κ2) is 13.1. The summed E-state index contributed by atoms with van der Waals surface area (Å²) in [6.07, 6.45) is 0. The van der Waals surface area contributed by atoms with E-state index in [1.165, 1.54) is 11.1 Å². The minimum absolute atomic E-state index is 0.0979. The smallest absolute Gasteiger partial charge is 0.317 e. The number of carboxylic acid groups (broad SMARTS) is 1. The zero-order valence-electron chi connectivity index (χ0n) is 21.7. The van der Waals surface area contributed by atoms with Gasteiger partial charge in [-0.15, -0.1) is 0 Å². The molecule has 0 saturated carbocycles. The number of hydrogen-bond donors (Lipinski definition) is 2. The Morgan fingerprint density at radius 3 is 2.54 bits per heavy atom. The molecule has 1 heterocycles. The molecule has 2 N–H and O–H groups in total. The zero-order valence-corrected chi connectivity index (χ0v) is 21.7. The molecule has 0 atom stereocenters. The molecule has 1 fully saturated rings. The minimum Gasteiger partial charge on any atom is -0.492 e. The van der Waals surface area contributed by atoms with Crippen LogP contribution in [0.4, 0.5) is 0 Å². The van der Waals surface area contributed by atoms with Crippen molar-refractivity contribution in [2.45, 2.75) is 13.5 Å². The average Bonchev–Trinajstić information content (AvgIpc) is 2.90. The Labute approximate surface area is 219 Å². The third-order valence-corrected chi connectivity index (χ3v) is 6.68. The first-order valence-corrected chi connectivity index (χ1v) is 12.8. The SMILES string of the molecule is Cc1c(C#Cc2ccc(CNCC(=O)O)c(OCCN3CCN(C)CC3)c2)cccc1-c1ccccc1. The number of nitrogens with zero attached hydrogens (tertiary/aromatic N) is 2. The molecule has 0 bridgehead atoms. The number of aliphatic carboxylic acids is 1. The summed E-state index contributed by atoms with van der Waals surface area (Å²) in [5.74, 6) is 6.51. The van der Waals surface area contributed by atoms with E-state index in [0.29, 0.717) is 13.2 Å². The lowest BCUT2D eigenvalue weighted by atomic mass is 9.96. The van der Waals surface area contributed by atoms with Gasteiger partial charge in [-0.25, -0.2) is 0 Å². The number of piperazine rings is 1. The summed E-state index contributed by atoms with van der Waals surface area (Å²) < 4.78 is 6.21. The molecule has 0 unspecified atom stereocenters. The van der Waals surface area contributed by atoms with Gasteiger partial charge >= 0.3 is 5.97 Å². The first-order valence-electron chi connectivity index (χ1n) is 12.8. The monoisotopic (exact) mass is 497 g/mol. The van der Waals surface area contributed by atoms with Crippen LogP contribution in [0.15, 0.2) is 66.7 Å². The van der Waals surface area contributed by atoms with Crippen LogP contribution in [0.2, 0.25) is 0 Å². The summed E-state index contributed by atoms with van der Waals surface area (Å²) in [4.78, 5) is 15.7. The Morgan fingerprint density at radius 2 is 1.78 bits per heavy atom. The van der Waals surface area contributed by atoms with Gasteiger partial charge in [-0.3, -0.25) is 9.69 Å². The number of nitrogens with one attached hydrogen (secondary N) is 1. The maximum absolute atomic E-state index is 10.9. The van der Waals surface area contributed by atoms with Crippen molar-refractivity contribution in [1.82, 2.24) is 15.1 Å². The van der Waals surface area contributed by atoms with Crippen LogP contribution < -0.4 is 10.1 Å². The standard InChI is InChI=1S/C31H35N3O3/c1-24-26(9-6-10-29(24)27-7-4-3-5-8-27)13-11-25-12-14-28(22-32-23-31(35)36)30(21-25)37-20-19-34-17-15-33(2)16-18-34/h3-10,12,14,21,32H,15-20,22-23H2,1-2H3,(H,35,36). The molecule has 0 radical (unpaired) electrons. The van der Waals surface area contributed by atoms with Crippen molar-refractivity contribution in [3.63, 3.8) is 0 Å². The molecule has 192 valence electrons. The van der Waals surface area contributed by atoms with E-state index in [4.69, 9.17) is 9.84 Å². The van der Waals surface area contributed by atoms with Crippen molar-refractivity contribution in [2.75, 3.05) is 52.9 Å². The van der Waals surface area contributed by atoms with E-state index in [-0.39, 0.29) is 6.54 Å². The third kappa shape index (κ3) is 7.68. The fourth-order valence-electron chi connectivity index (χ4n) is 4.41. The number of ether oxygens (including phenoxy) is 1. The van der Waals surface area contributed by atoms with Crippen LogP contribution in [-0.2, 0) is 11.3 Å². The number of hydrogen-bond acceptors (Lipinski definition) is 5. The van der Waals surface area contributed by atoms with Crippen molar-refractivity contribution >= 4 is 5.97 Å². The lowest BCUT2D eigenvalue weighted by Crippen LogP contribution is -2.45. The van der Waals surface area contributed by atoms with Gasteiger partial charge in [0.15, 0.2) is 0 Å². The topological polar surface area (TPSA) is 65.0 Å². The van der Waals surface area contributed by atoms with Crippen molar-refractivity contribution in [2.24, 2.45) is 0 Å². The molecule has 0 amide bonds. The molecular weight excluding hydrogens is 462 g/mol. The number of carboxylic acids is 1. The maximum Gasteiger partial charge on any atom is 0.317 e. The minimum atomic E-state index is -0.881. The van der Waals surface area contributed by atoms with E-state index in [1.54, 1.807) is 0 Å². The molecule has 6 nitrogen and oxygen atoms in total. The molecule has 0 aromatic heterocycles. The van der Waals surface area contributed by atoms with Crippen LogP contribution in [0.1, 0.15) is 22.3 Å². The maximum atomic E-state index is 10.9. The van der Waals surface area contributed by atoms with Crippen LogP contribution in [0.25, 0.3) is 11.1 Å². The highest BCUT2D eigenvalue weighted by molar-refractivity contribution is 5.70. The van der Waals surface area contributed by atoms with Gasteiger partial charge in [0.2, 0.25) is 0 Å². The van der Waals surface area contributed by atoms with Crippen LogP contribution in [-0.4, -0.2) is 73.8 Å². The summed E-state index contributed by atoms with van der Waals surface area (Å²) in [6, 6.07) is 22.5. The Balaban J connectivity index is 1.50. The molecule has 0 aliphatic carbocycles. The van der Waals surface area contributed by atoms with Gasteiger partial charge in [0.25, 0.3) is 0 Å². The molecule has 1 aliphatic heterocycles. The van der Waals surface area contributed by atoms with E-state index >= 15 is 0 Å². The van der Waals surface area contributed by atoms with Crippen LogP contribution in [0, 0.1) is 18.8 Å². The van der Waals surface area contributed by atoms with Gasteiger partial charge in [-0.05, 0) is 48.9 Å². The van der Waals surface area contributed by atoms with Gasteiger partial charge in [0.05, 0.1) is 6.54 Å². The van der Waals surface area contributed by atoms with Crippen LogP contribution in [0.3, 0.4) is 0 Å². The normalized spacial score (nSPS) is 14.1. The number of benzene rings is 3. The van der Waals surface area contributed by atoms with E-state index in [2.05, 4.69) is 59.1 Å². The Bertz CT molecular complexity index is 1260. The highest BCUT2D eigenvalue weighted by Gasteiger charge is 2.14. The molecule has 6 heteroatoms. The predicted molar refractivity (Wildman–Crippen MR) is 148 cm³/mol. The summed E-state index contributed by atoms with van der Waals surface area (Å²) in [6.45, 7) is 8.08. The predicted octanol–water partition coefficient (Wildman–Crippen LogP) is 3.86. The summed E-state index contributed by atoms with van der Waals surface area (Å²) in [7, 11) is 2.15. The first-order chi connectivity index (χ1) is 18.0. The van der Waals surface area contributed by atoms with Crippen LogP contribution >= 0.6 is 0 Å². The van der Waals surface area contributed by atoms with Gasteiger partial charge in [-0.1, -0.05) is 60.4 Å². The third-order valence-electron chi connectivity index (χ3n) is 6.68. The number of rotatable bonds is 9. The van der Waals surface area contributed by atoms with Gasteiger partial charge in [-0.2, -0.15) is 0 Å². The molecule has 0 spiro atoms. The fraction of sp³-hybridized carbons (Fsp3) is 0.323. The second-order valence-corrected chi connectivity index (χ2v) is 9.41. The molecule has 1 aliphatic rings. The van der Waals surface area contributed by atoms with Crippen molar-refractivity contribution in [1.29, 1.82) is 0 Å². The Morgan fingerprint density at radius 1 is 1.00 bits per heavy atom. The summed E-state index contributed by atoms with van der Waals surface area (Å²) in [5, 5.41) is 11.9. The van der Waals surface area contributed by atoms with Crippen molar-refractivity contribution in [3.8, 4) is 28.7 Å². The van der Waals surface area contributed by atoms with Crippen molar-refractivity contribution < 1.29 is 14.6 Å². The number of carbonyl (C=O) groups is 1. The highest BCUT2D eigenvalue weighted by Crippen LogP contribution is 2.25.